The van der Waals surface area contributed by atoms with Crippen LogP contribution in [0, 0.1) is 19.7 Å². The summed E-state index contributed by atoms with van der Waals surface area (Å²) in [4.78, 5) is 20.5. The summed E-state index contributed by atoms with van der Waals surface area (Å²) in [6.07, 6.45) is -2.10. The van der Waals surface area contributed by atoms with E-state index in [2.05, 4.69) is 20.4 Å². The Labute approximate surface area is 179 Å². The Balaban J connectivity index is 1.68. The molecule has 4 rings (SSSR count). The second kappa shape index (κ2) is 8.03. The molecule has 0 bridgehead atoms. The van der Waals surface area contributed by atoms with Crippen LogP contribution >= 0.6 is 0 Å². The highest BCUT2D eigenvalue weighted by Crippen LogP contribution is 2.31. The number of amides is 1. The van der Waals surface area contributed by atoms with Crippen molar-refractivity contribution in [2.45, 2.75) is 26.6 Å². The van der Waals surface area contributed by atoms with Crippen molar-refractivity contribution in [1.29, 1.82) is 0 Å². The van der Waals surface area contributed by atoms with Gasteiger partial charge >= 0.3 is 6.18 Å². The number of anilines is 1. The fourth-order valence-corrected chi connectivity index (χ4v) is 3.38. The van der Waals surface area contributed by atoms with E-state index < -0.39 is 17.8 Å². The number of nitrogens with one attached hydrogen (secondary N) is 1. The number of hydrogen-bond donors (Lipinski definition) is 1. The van der Waals surface area contributed by atoms with Crippen molar-refractivity contribution < 1.29 is 22.4 Å². The van der Waals surface area contributed by atoms with Gasteiger partial charge in [0.15, 0.2) is 0 Å². The lowest BCUT2D eigenvalue weighted by atomic mass is 10.1. The minimum absolute atomic E-state index is 0.0143. The van der Waals surface area contributed by atoms with Crippen LogP contribution in [-0.4, -0.2) is 25.7 Å². The van der Waals surface area contributed by atoms with Crippen molar-refractivity contribution in [3.8, 4) is 0 Å². The molecule has 0 saturated carbocycles. The van der Waals surface area contributed by atoms with E-state index in [0.717, 1.165) is 5.56 Å². The van der Waals surface area contributed by atoms with Gasteiger partial charge in [-0.3, -0.25) is 14.5 Å². The van der Waals surface area contributed by atoms with Crippen LogP contribution in [0.25, 0.3) is 10.9 Å². The second-order valence-corrected chi connectivity index (χ2v) is 7.23. The first-order valence-corrected chi connectivity index (χ1v) is 9.55. The molecule has 6 nitrogen and oxygen atoms in total. The lowest BCUT2D eigenvalue weighted by Gasteiger charge is -2.12. The van der Waals surface area contributed by atoms with E-state index >= 15 is 0 Å². The number of carbonyl (C=O) groups excluding carboxylic acids is 1. The number of aromatic nitrogens is 4. The average molecular weight is 443 g/mol. The first kappa shape index (κ1) is 21.4. The Bertz CT molecular complexity index is 1310. The number of benzene rings is 1. The standard InChI is InChI=1S/C22H17F4N5O/c1-12-20(13(2)31(30-12)11-14-3-5-15(23)6-4-14)29-21(32)16-9-19(22(24,25)26)28-18-7-8-27-10-17(16)18/h3-10H,11H2,1-2H3,(H,29,32). The van der Waals surface area contributed by atoms with Crippen molar-refractivity contribution in [3.05, 3.63) is 82.8 Å². The average Bonchev–Trinajstić information content (AvgIpc) is 3.01. The lowest BCUT2D eigenvalue weighted by Crippen LogP contribution is -2.17. The summed E-state index contributed by atoms with van der Waals surface area (Å²) in [6, 6.07) is 7.96. The summed E-state index contributed by atoms with van der Waals surface area (Å²) in [5.74, 6) is -1.09. The number of carbonyl (C=O) groups is 1. The van der Waals surface area contributed by atoms with Gasteiger partial charge in [-0.15, -0.1) is 0 Å². The van der Waals surface area contributed by atoms with E-state index in [1.165, 1.54) is 30.6 Å². The molecule has 0 radical (unpaired) electrons. The Morgan fingerprint density at radius 2 is 1.84 bits per heavy atom. The molecule has 32 heavy (non-hydrogen) atoms. The highest BCUT2D eigenvalue weighted by Gasteiger charge is 2.34. The zero-order valence-electron chi connectivity index (χ0n) is 17.0. The molecule has 0 aliphatic carbocycles. The van der Waals surface area contributed by atoms with Crippen LogP contribution in [0.3, 0.4) is 0 Å². The van der Waals surface area contributed by atoms with E-state index in [0.29, 0.717) is 29.7 Å². The van der Waals surface area contributed by atoms with E-state index in [1.54, 1.807) is 30.7 Å². The number of aryl methyl sites for hydroxylation is 1. The summed E-state index contributed by atoms with van der Waals surface area (Å²) in [5.41, 5.74) is 0.941. The minimum Gasteiger partial charge on any atom is -0.319 e. The largest absolute Gasteiger partial charge is 0.433 e. The molecule has 10 heteroatoms. The van der Waals surface area contributed by atoms with Crippen molar-refractivity contribution in [2.24, 2.45) is 0 Å². The molecule has 0 atom stereocenters. The zero-order chi connectivity index (χ0) is 23.0. The molecule has 3 heterocycles. The quantitative estimate of drug-likeness (QED) is 0.456. The molecule has 0 aliphatic rings. The Morgan fingerprint density at radius 1 is 1.12 bits per heavy atom. The molecule has 1 aromatic carbocycles. The molecule has 164 valence electrons. The molecule has 1 N–H and O–H groups in total. The number of rotatable bonds is 4. The maximum Gasteiger partial charge on any atom is 0.433 e. The van der Waals surface area contributed by atoms with Gasteiger partial charge in [0.05, 0.1) is 34.7 Å². The van der Waals surface area contributed by atoms with Crippen LogP contribution in [-0.2, 0) is 12.7 Å². The second-order valence-electron chi connectivity index (χ2n) is 7.23. The summed E-state index contributed by atoms with van der Waals surface area (Å²) in [7, 11) is 0. The molecule has 0 saturated heterocycles. The monoisotopic (exact) mass is 443 g/mol. The number of nitrogens with zero attached hydrogens (tertiary/aromatic N) is 4. The van der Waals surface area contributed by atoms with Gasteiger partial charge in [0.25, 0.3) is 5.91 Å². The maximum absolute atomic E-state index is 13.3. The van der Waals surface area contributed by atoms with Crippen LogP contribution in [0.15, 0.2) is 48.8 Å². The highest BCUT2D eigenvalue weighted by molar-refractivity contribution is 6.12. The van der Waals surface area contributed by atoms with Gasteiger partial charge in [0.2, 0.25) is 0 Å². The Morgan fingerprint density at radius 3 is 2.53 bits per heavy atom. The third-order valence-electron chi connectivity index (χ3n) is 5.01. The summed E-state index contributed by atoms with van der Waals surface area (Å²) >= 11 is 0. The van der Waals surface area contributed by atoms with Gasteiger partial charge in [-0.2, -0.15) is 18.3 Å². The summed E-state index contributed by atoms with van der Waals surface area (Å²) in [6.45, 7) is 3.74. The van der Waals surface area contributed by atoms with Crippen molar-refractivity contribution in [3.63, 3.8) is 0 Å². The van der Waals surface area contributed by atoms with Crippen LogP contribution < -0.4 is 5.32 Å². The van der Waals surface area contributed by atoms with Gasteiger partial charge in [0, 0.05) is 17.8 Å². The van der Waals surface area contributed by atoms with E-state index in [-0.39, 0.29) is 22.3 Å². The van der Waals surface area contributed by atoms with Crippen molar-refractivity contribution in [2.75, 3.05) is 5.32 Å². The number of fused-ring (bicyclic) bond motifs is 1. The molecule has 0 aliphatic heterocycles. The Kier molecular flexibility index (Phi) is 5.37. The molecule has 0 unspecified atom stereocenters. The SMILES string of the molecule is Cc1nn(Cc2ccc(F)cc2)c(C)c1NC(=O)c1cc(C(F)(F)F)nc2ccncc12. The molecule has 0 spiro atoms. The molecular formula is C22H17F4N5O. The number of alkyl halides is 3. The van der Waals surface area contributed by atoms with Crippen molar-refractivity contribution in [1.82, 2.24) is 19.7 Å². The smallest absolute Gasteiger partial charge is 0.319 e. The van der Waals surface area contributed by atoms with Gasteiger partial charge in [-0.25, -0.2) is 9.37 Å². The molecule has 3 aromatic heterocycles. The fourth-order valence-electron chi connectivity index (χ4n) is 3.38. The van der Waals surface area contributed by atoms with E-state index in [9.17, 15) is 22.4 Å². The summed E-state index contributed by atoms with van der Waals surface area (Å²) in [5, 5.41) is 7.27. The fraction of sp³-hybridized carbons (Fsp3) is 0.182. The number of hydrogen-bond acceptors (Lipinski definition) is 4. The predicted octanol–water partition coefficient (Wildman–Crippen LogP) is 4.90. The normalized spacial score (nSPS) is 11.7. The van der Waals surface area contributed by atoms with Crippen molar-refractivity contribution >= 4 is 22.5 Å². The lowest BCUT2D eigenvalue weighted by molar-refractivity contribution is -0.140. The van der Waals surface area contributed by atoms with E-state index in [4.69, 9.17) is 0 Å². The third kappa shape index (κ3) is 4.16. The first-order chi connectivity index (χ1) is 15.1. The molecule has 4 aromatic rings. The zero-order valence-corrected chi connectivity index (χ0v) is 17.0. The van der Waals surface area contributed by atoms with Gasteiger partial charge in [-0.1, -0.05) is 12.1 Å². The van der Waals surface area contributed by atoms with Gasteiger partial charge < -0.3 is 5.32 Å². The van der Waals surface area contributed by atoms with Crippen LogP contribution in [0.5, 0.6) is 0 Å². The van der Waals surface area contributed by atoms with E-state index in [1.807, 2.05) is 0 Å². The molecule has 0 fully saturated rings. The highest BCUT2D eigenvalue weighted by atomic mass is 19.4. The topological polar surface area (TPSA) is 72.7 Å². The summed E-state index contributed by atoms with van der Waals surface area (Å²) < 4.78 is 54.7. The third-order valence-corrected chi connectivity index (χ3v) is 5.01. The maximum atomic E-state index is 13.3. The van der Waals surface area contributed by atoms with Crippen LogP contribution in [0.1, 0.15) is 33.0 Å². The molecule has 1 amide bonds. The van der Waals surface area contributed by atoms with Gasteiger partial charge in [-0.05, 0) is 43.7 Å². The van der Waals surface area contributed by atoms with Crippen LogP contribution in [0.4, 0.5) is 23.2 Å². The van der Waals surface area contributed by atoms with Crippen LogP contribution in [0.2, 0.25) is 0 Å². The molecular weight excluding hydrogens is 426 g/mol. The Hall–Kier alpha value is -3.82. The number of halogens is 4. The predicted molar refractivity (Wildman–Crippen MR) is 110 cm³/mol. The number of pyridine rings is 2. The minimum atomic E-state index is -4.71. The van der Waals surface area contributed by atoms with Gasteiger partial charge in [0.1, 0.15) is 11.5 Å². The first-order valence-electron chi connectivity index (χ1n) is 9.55.